The third-order valence-corrected chi connectivity index (χ3v) is 4.99. The van der Waals surface area contributed by atoms with Crippen molar-refractivity contribution in [2.75, 3.05) is 31.1 Å². The number of anilines is 1. The largest absolute Gasteiger partial charge is 0.491 e. The summed E-state index contributed by atoms with van der Waals surface area (Å²) in [5.74, 6) is 0.966. The number of piperazine rings is 1. The third kappa shape index (κ3) is 3.17. The lowest BCUT2D eigenvalue weighted by Crippen LogP contribution is -2.52. The number of benzene rings is 2. The Morgan fingerprint density at radius 3 is 2.83 bits per heavy atom. The summed E-state index contributed by atoms with van der Waals surface area (Å²) in [4.78, 5) is 5.03. The highest BCUT2D eigenvalue weighted by molar-refractivity contribution is 6.30. The molecule has 0 amide bonds. The molecule has 0 aliphatic carbocycles. The molecule has 0 N–H and O–H groups in total. The molecule has 2 aliphatic heterocycles. The van der Waals surface area contributed by atoms with Crippen LogP contribution in [0.5, 0.6) is 5.75 Å². The first-order valence-corrected chi connectivity index (χ1v) is 8.63. The molecule has 2 aliphatic rings. The molecule has 3 nitrogen and oxygen atoms in total. The Balaban J connectivity index is 1.52. The normalized spacial score (nSPS) is 21.1. The van der Waals surface area contributed by atoms with Gasteiger partial charge in [-0.3, -0.25) is 4.90 Å². The molecular weight excluding hydrogens is 308 g/mol. The smallest absolute Gasteiger partial charge is 0.142 e. The molecule has 0 spiro atoms. The van der Waals surface area contributed by atoms with Crippen LogP contribution >= 0.6 is 11.6 Å². The van der Waals surface area contributed by atoms with E-state index in [4.69, 9.17) is 16.3 Å². The van der Waals surface area contributed by atoms with E-state index in [9.17, 15) is 0 Å². The highest BCUT2D eigenvalue weighted by atomic mass is 35.5. The summed E-state index contributed by atoms with van der Waals surface area (Å²) in [5, 5.41) is 0.778. The van der Waals surface area contributed by atoms with Gasteiger partial charge in [0, 0.05) is 43.7 Å². The van der Waals surface area contributed by atoms with Crippen LogP contribution < -0.4 is 9.64 Å². The molecule has 1 atom stereocenters. The molecule has 2 aromatic rings. The number of ether oxygens (including phenoxy) is 1. The summed E-state index contributed by atoms with van der Waals surface area (Å²) in [7, 11) is 0. The maximum Gasteiger partial charge on any atom is 0.142 e. The molecular formula is C19H21ClN2O. The minimum absolute atomic E-state index is 0.493. The van der Waals surface area contributed by atoms with Crippen molar-refractivity contribution in [3.63, 3.8) is 0 Å². The Bertz CT molecular complexity index is 676. The summed E-state index contributed by atoms with van der Waals surface area (Å²) in [6.07, 6.45) is 1.05. The van der Waals surface area contributed by atoms with Crippen LogP contribution in [0.25, 0.3) is 0 Å². The fourth-order valence-corrected chi connectivity index (χ4v) is 3.78. The molecule has 120 valence electrons. The summed E-state index contributed by atoms with van der Waals surface area (Å²) in [6.45, 7) is 4.96. The Labute approximate surface area is 142 Å². The number of hydrogen-bond acceptors (Lipinski definition) is 3. The lowest BCUT2D eigenvalue weighted by atomic mass is 10.1. The van der Waals surface area contributed by atoms with Crippen LogP contribution in [0.2, 0.25) is 5.02 Å². The monoisotopic (exact) mass is 328 g/mol. The maximum atomic E-state index is 6.20. The van der Waals surface area contributed by atoms with Crippen LogP contribution in [-0.2, 0) is 6.54 Å². The lowest BCUT2D eigenvalue weighted by molar-refractivity contribution is 0.202. The van der Waals surface area contributed by atoms with Gasteiger partial charge < -0.3 is 9.64 Å². The highest BCUT2D eigenvalue weighted by Crippen LogP contribution is 2.36. The Hall–Kier alpha value is -1.71. The van der Waals surface area contributed by atoms with Gasteiger partial charge in [-0.25, -0.2) is 0 Å². The number of nitrogens with zero attached hydrogens (tertiary/aromatic N) is 2. The molecule has 4 rings (SSSR count). The minimum atomic E-state index is 0.493. The zero-order valence-corrected chi connectivity index (χ0v) is 13.9. The van der Waals surface area contributed by atoms with Gasteiger partial charge in [-0.05, 0) is 23.8 Å². The Morgan fingerprint density at radius 1 is 1.09 bits per heavy atom. The van der Waals surface area contributed by atoms with E-state index in [0.29, 0.717) is 6.04 Å². The second kappa shape index (κ2) is 6.42. The molecule has 2 aromatic carbocycles. The van der Waals surface area contributed by atoms with E-state index in [1.165, 1.54) is 5.56 Å². The van der Waals surface area contributed by atoms with Crippen LogP contribution in [0.4, 0.5) is 5.69 Å². The molecule has 0 radical (unpaired) electrons. The van der Waals surface area contributed by atoms with Gasteiger partial charge in [0.15, 0.2) is 0 Å². The zero-order valence-electron chi connectivity index (χ0n) is 13.1. The first kappa shape index (κ1) is 14.9. The third-order valence-electron chi connectivity index (χ3n) is 4.75. The van der Waals surface area contributed by atoms with Crippen molar-refractivity contribution in [3.05, 3.63) is 59.1 Å². The molecule has 1 saturated heterocycles. The average molecular weight is 329 g/mol. The van der Waals surface area contributed by atoms with Crippen LogP contribution in [0.15, 0.2) is 48.5 Å². The first-order valence-electron chi connectivity index (χ1n) is 8.25. The molecule has 1 fully saturated rings. The van der Waals surface area contributed by atoms with Crippen molar-refractivity contribution in [1.82, 2.24) is 4.90 Å². The second-order valence-corrected chi connectivity index (χ2v) is 6.75. The van der Waals surface area contributed by atoms with E-state index >= 15 is 0 Å². The van der Waals surface area contributed by atoms with E-state index in [0.717, 1.165) is 55.7 Å². The van der Waals surface area contributed by atoms with E-state index in [-0.39, 0.29) is 0 Å². The van der Waals surface area contributed by atoms with E-state index in [1.54, 1.807) is 0 Å². The van der Waals surface area contributed by atoms with E-state index in [2.05, 4.69) is 40.1 Å². The van der Waals surface area contributed by atoms with E-state index in [1.807, 2.05) is 18.2 Å². The van der Waals surface area contributed by atoms with Crippen molar-refractivity contribution in [1.29, 1.82) is 0 Å². The average Bonchev–Trinajstić information content (AvgIpc) is 2.74. The molecule has 0 saturated carbocycles. The molecule has 23 heavy (non-hydrogen) atoms. The Morgan fingerprint density at radius 2 is 1.96 bits per heavy atom. The van der Waals surface area contributed by atoms with Crippen LogP contribution in [0.1, 0.15) is 12.0 Å². The van der Waals surface area contributed by atoms with Gasteiger partial charge in [-0.1, -0.05) is 41.9 Å². The summed E-state index contributed by atoms with van der Waals surface area (Å²) < 4.78 is 5.93. The second-order valence-electron chi connectivity index (χ2n) is 6.32. The molecule has 0 unspecified atom stereocenters. The number of hydrogen-bond donors (Lipinski definition) is 0. The molecule has 2 heterocycles. The first-order chi connectivity index (χ1) is 11.3. The quantitative estimate of drug-likeness (QED) is 0.833. The van der Waals surface area contributed by atoms with Crippen LogP contribution in [0, 0.1) is 0 Å². The molecule has 4 heteroatoms. The molecule has 0 aromatic heterocycles. The van der Waals surface area contributed by atoms with Gasteiger partial charge in [0.2, 0.25) is 0 Å². The fraction of sp³-hybridized carbons (Fsp3) is 0.368. The van der Waals surface area contributed by atoms with Gasteiger partial charge >= 0.3 is 0 Å². The van der Waals surface area contributed by atoms with Crippen molar-refractivity contribution < 1.29 is 4.74 Å². The summed E-state index contributed by atoms with van der Waals surface area (Å²) in [5.41, 5.74) is 2.54. The van der Waals surface area contributed by atoms with Gasteiger partial charge in [-0.15, -0.1) is 0 Å². The van der Waals surface area contributed by atoms with Crippen molar-refractivity contribution in [2.24, 2.45) is 0 Å². The van der Waals surface area contributed by atoms with Crippen LogP contribution in [-0.4, -0.2) is 37.2 Å². The predicted molar refractivity (Wildman–Crippen MR) is 94.4 cm³/mol. The van der Waals surface area contributed by atoms with Crippen molar-refractivity contribution in [2.45, 2.75) is 19.0 Å². The van der Waals surface area contributed by atoms with Gasteiger partial charge in [0.25, 0.3) is 0 Å². The fourth-order valence-electron chi connectivity index (χ4n) is 3.61. The van der Waals surface area contributed by atoms with Gasteiger partial charge in [0.1, 0.15) is 5.75 Å². The minimum Gasteiger partial charge on any atom is -0.491 e. The number of rotatable bonds is 2. The van der Waals surface area contributed by atoms with Crippen molar-refractivity contribution >= 4 is 17.3 Å². The number of fused-ring (bicyclic) bond motifs is 3. The zero-order chi connectivity index (χ0) is 15.6. The van der Waals surface area contributed by atoms with Crippen LogP contribution in [0.3, 0.4) is 0 Å². The standard InChI is InChI=1S/C19H21ClN2O/c20-16-6-7-19-18(12-16)22-10-9-21(14-17(22)8-11-23-19)13-15-4-2-1-3-5-15/h1-7,12,17H,8-11,13-14H2/t17-/m0/s1. The predicted octanol–water partition coefficient (Wildman–Crippen LogP) is 3.81. The topological polar surface area (TPSA) is 15.7 Å². The highest BCUT2D eigenvalue weighted by Gasteiger charge is 2.31. The lowest BCUT2D eigenvalue weighted by Gasteiger charge is -2.42. The van der Waals surface area contributed by atoms with Gasteiger partial charge in [0.05, 0.1) is 12.3 Å². The maximum absolute atomic E-state index is 6.20. The van der Waals surface area contributed by atoms with Crippen molar-refractivity contribution in [3.8, 4) is 5.75 Å². The van der Waals surface area contributed by atoms with Gasteiger partial charge in [-0.2, -0.15) is 0 Å². The Kier molecular flexibility index (Phi) is 4.15. The SMILES string of the molecule is Clc1ccc2c(c1)N1CCN(Cc3ccccc3)C[C@@H]1CCO2. The summed E-state index contributed by atoms with van der Waals surface area (Å²) in [6, 6.07) is 17.2. The molecule has 0 bridgehead atoms. The van der Waals surface area contributed by atoms with E-state index < -0.39 is 0 Å². The number of halogens is 1. The summed E-state index contributed by atoms with van der Waals surface area (Å²) >= 11 is 6.20.